The maximum Gasteiger partial charge on any atom is 0.164 e. The molecule has 0 saturated heterocycles. The van der Waals surface area contributed by atoms with Crippen LogP contribution in [0.15, 0.2) is 169 Å². The first kappa shape index (κ1) is 16.8. The van der Waals surface area contributed by atoms with Crippen molar-refractivity contribution in [1.29, 1.82) is 0 Å². The molecule has 3 aromatic heterocycles. The van der Waals surface area contributed by atoms with Gasteiger partial charge in [-0.3, -0.25) is 0 Å². The van der Waals surface area contributed by atoms with Gasteiger partial charge in [0.05, 0.1) is 38.7 Å². The van der Waals surface area contributed by atoms with E-state index in [2.05, 4.69) is 15.0 Å². The fraction of sp³-hybridized carbons (Fsp3) is 0. The van der Waals surface area contributed by atoms with E-state index < -0.39 is 83.2 Å². The molecule has 0 unspecified atom stereocenters. The van der Waals surface area contributed by atoms with Crippen LogP contribution in [0.25, 0.3) is 93.0 Å². The molecule has 0 saturated carbocycles. The second kappa shape index (κ2) is 11.6. The van der Waals surface area contributed by atoms with Gasteiger partial charge in [0.2, 0.25) is 0 Å². The average molecular weight is 673 g/mol. The molecule has 4 nitrogen and oxygen atoms in total. The van der Waals surface area contributed by atoms with Gasteiger partial charge in [0.15, 0.2) is 17.5 Å². The lowest BCUT2D eigenvalue weighted by Crippen LogP contribution is -2.02. The molecule has 50 heavy (non-hydrogen) atoms. The van der Waals surface area contributed by atoms with Crippen molar-refractivity contribution in [3.05, 3.63) is 169 Å². The molecule has 0 atom stereocenters. The highest BCUT2D eigenvalue weighted by molar-refractivity contribution is 7.26. The van der Waals surface area contributed by atoms with Crippen LogP contribution in [0, 0.1) is 0 Å². The van der Waals surface area contributed by atoms with Crippen LogP contribution < -0.4 is 0 Å². The second-order valence-electron chi connectivity index (χ2n) is 11.2. The molecule has 0 bridgehead atoms. The molecule has 0 amide bonds. The predicted molar refractivity (Wildman–Crippen MR) is 209 cm³/mol. The fourth-order valence-electron chi connectivity index (χ4n) is 6.25. The Morgan fingerprint density at radius 1 is 0.460 bits per heavy atom. The molecule has 0 aliphatic rings. The Bertz CT molecular complexity index is 3590. The van der Waals surface area contributed by atoms with Crippen LogP contribution in [0.3, 0.4) is 0 Å². The number of nitrogens with zero attached hydrogens (tertiary/aromatic N) is 4. The molecule has 3 heterocycles. The highest BCUT2D eigenvalue weighted by atomic mass is 32.1. The summed E-state index contributed by atoms with van der Waals surface area (Å²) >= 11 is 1.54. The van der Waals surface area contributed by atoms with Crippen molar-refractivity contribution in [3.8, 4) is 51.0 Å². The molecule has 0 spiro atoms. The number of hydrogen-bond acceptors (Lipinski definition) is 4. The molecule has 0 aliphatic heterocycles. The number of aromatic nitrogens is 4. The van der Waals surface area contributed by atoms with Crippen molar-refractivity contribution >= 4 is 53.3 Å². The van der Waals surface area contributed by atoms with Crippen LogP contribution in [0.4, 0.5) is 0 Å². The molecule has 10 rings (SSSR count). The van der Waals surface area contributed by atoms with Gasteiger partial charge in [-0.2, -0.15) is 0 Å². The van der Waals surface area contributed by atoms with E-state index in [1.165, 1.54) is 23.5 Å². The maximum absolute atomic E-state index is 9.26. The number of para-hydroxylation sites is 2. The zero-order chi connectivity index (χ0) is 46.9. The smallest absolute Gasteiger partial charge is 0.164 e. The van der Waals surface area contributed by atoms with Crippen molar-refractivity contribution in [2.75, 3.05) is 0 Å². The summed E-state index contributed by atoms with van der Waals surface area (Å²) < 4.78 is 142. The number of thiophene rings is 1. The Labute approximate surface area is 315 Å². The minimum Gasteiger partial charge on any atom is -0.309 e. The van der Waals surface area contributed by atoms with Gasteiger partial charge >= 0.3 is 0 Å². The quantitative estimate of drug-likeness (QED) is 0.183. The Morgan fingerprint density at radius 3 is 1.72 bits per heavy atom. The summed E-state index contributed by atoms with van der Waals surface area (Å²) in [5, 5.41) is 1.97. The molecule has 234 valence electrons. The molecule has 0 aliphatic carbocycles. The van der Waals surface area contributed by atoms with Crippen molar-refractivity contribution in [1.82, 2.24) is 19.5 Å². The Balaban J connectivity index is 1.37. The van der Waals surface area contributed by atoms with E-state index in [1.807, 2.05) is 42.5 Å². The van der Waals surface area contributed by atoms with Crippen molar-refractivity contribution in [3.63, 3.8) is 0 Å². The minimum atomic E-state index is -0.697. The third kappa shape index (κ3) is 4.63. The van der Waals surface area contributed by atoms with E-state index in [1.54, 1.807) is 22.8 Å². The summed E-state index contributed by atoms with van der Waals surface area (Å²) in [5.41, 5.74) is 0.896. The lowest BCUT2D eigenvalue weighted by molar-refractivity contribution is 1.07. The summed E-state index contributed by atoms with van der Waals surface area (Å²) in [7, 11) is 0. The average Bonchev–Trinajstić information content (AvgIpc) is 3.88. The SMILES string of the molecule is [2H]c1cc([2H])c2c(c1[2H])c1c([2H])c([2H])cc([2H])c1n2-c1cc(-c2nc(-c3c([2H])c([2H])c([2H])c([2H])c3[2H])nc(-c3c([2H])c([2H])c([2H])c([2H])c3[2H])n2)ccc1-c1cccc2c1sc1ccccc12. The zero-order valence-electron chi connectivity index (χ0n) is 41.6. The molecule has 0 radical (unpaired) electrons. The van der Waals surface area contributed by atoms with E-state index in [4.69, 9.17) is 19.2 Å². The monoisotopic (exact) mass is 672 g/mol. The van der Waals surface area contributed by atoms with Crippen LogP contribution in [0.5, 0.6) is 0 Å². The van der Waals surface area contributed by atoms with E-state index in [0.29, 0.717) is 11.1 Å². The first-order valence-corrected chi connectivity index (χ1v) is 16.2. The maximum atomic E-state index is 9.26. The first-order chi connectivity index (χ1) is 31.4. The highest BCUT2D eigenvalue weighted by Crippen LogP contribution is 2.44. The summed E-state index contributed by atoms with van der Waals surface area (Å²) in [6.07, 6.45) is 0. The van der Waals surface area contributed by atoms with Gasteiger partial charge in [-0.1, -0.05) is 145 Å². The highest BCUT2D eigenvalue weighted by Gasteiger charge is 2.20. The number of benzene rings is 7. The first-order valence-electron chi connectivity index (χ1n) is 23.4. The Hall–Kier alpha value is -6.43. The molecule has 0 N–H and O–H groups in total. The molecular formula is C45H28N4S. The van der Waals surface area contributed by atoms with Gasteiger partial charge in [0.1, 0.15) is 0 Å². The Morgan fingerprint density at radius 2 is 1.06 bits per heavy atom. The van der Waals surface area contributed by atoms with Crippen LogP contribution in [-0.4, -0.2) is 19.5 Å². The summed E-state index contributed by atoms with van der Waals surface area (Å²) in [6.45, 7) is 0. The third-order valence-electron chi connectivity index (χ3n) is 8.40. The molecule has 7 aromatic carbocycles. The van der Waals surface area contributed by atoms with Crippen LogP contribution in [-0.2, 0) is 0 Å². The topological polar surface area (TPSA) is 43.6 Å². The van der Waals surface area contributed by atoms with E-state index >= 15 is 0 Å². The van der Waals surface area contributed by atoms with Gasteiger partial charge in [0, 0.05) is 58.8 Å². The van der Waals surface area contributed by atoms with Gasteiger partial charge < -0.3 is 4.57 Å². The largest absolute Gasteiger partial charge is 0.309 e. The summed E-state index contributed by atoms with van der Waals surface area (Å²) in [4.78, 5) is 13.7. The molecular weight excluding hydrogens is 629 g/mol. The minimum absolute atomic E-state index is 0.0126. The summed E-state index contributed by atoms with van der Waals surface area (Å²) in [5.74, 6) is -1.17. The van der Waals surface area contributed by atoms with E-state index in [9.17, 15) is 2.74 Å². The van der Waals surface area contributed by atoms with Gasteiger partial charge in [0.25, 0.3) is 0 Å². The summed E-state index contributed by atoms with van der Waals surface area (Å²) in [6, 6.07) is 12.5. The fourth-order valence-corrected chi connectivity index (χ4v) is 7.48. The second-order valence-corrected chi connectivity index (χ2v) is 12.3. The van der Waals surface area contributed by atoms with Gasteiger partial charge in [-0.15, -0.1) is 11.3 Å². The normalized spacial score (nSPS) is 16.1. The van der Waals surface area contributed by atoms with Crippen LogP contribution >= 0.6 is 11.3 Å². The van der Waals surface area contributed by atoms with Crippen molar-refractivity contribution in [2.45, 2.75) is 0 Å². The van der Waals surface area contributed by atoms with E-state index in [-0.39, 0.29) is 75.1 Å². The lowest BCUT2D eigenvalue weighted by atomic mass is 9.98. The standard InChI is InChI=1S/C45H28N4S/c1-3-14-29(15-4-1)43-46-44(30-16-5-2-6-17-30)48-45(47-43)31-26-27-34(36-21-13-22-37-35-20-9-12-25-41(35)50-42(36)37)40(28-31)49-38-23-10-7-18-32(38)33-19-8-11-24-39(33)49/h1-28H/i1D,2D,3D,4D,5D,6D,7D,8D,14D,15D,16D,17D,18D,19D,23D,24D. The van der Waals surface area contributed by atoms with Gasteiger partial charge in [-0.25, -0.2) is 15.0 Å². The number of fused-ring (bicyclic) bond motifs is 6. The van der Waals surface area contributed by atoms with Crippen LogP contribution in [0.1, 0.15) is 21.9 Å². The molecule has 0 fully saturated rings. The zero-order valence-corrected chi connectivity index (χ0v) is 26.4. The van der Waals surface area contributed by atoms with Crippen LogP contribution in [0.2, 0.25) is 0 Å². The predicted octanol–water partition coefficient (Wildman–Crippen LogP) is 12.0. The van der Waals surface area contributed by atoms with Crippen molar-refractivity contribution in [2.24, 2.45) is 0 Å². The third-order valence-corrected chi connectivity index (χ3v) is 9.62. The van der Waals surface area contributed by atoms with Crippen molar-refractivity contribution < 1.29 is 21.9 Å². The number of hydrogen-bond donors (Lipinski definition) is 0. The molecule has 10 aromatic rings. The number of rotatable bonds is 5. The lowest BCUT2D eigenvalue weighted by Gasteiger charge is -2.17. The Kier molecular flexibility index (Phi) is 3.90. The van der Waals surface area contributed by atoms with Gasteiger partial charge in [-0.05, 0) is 24.2 Å². The van der Waals surface area contributed by atoms with E-state index in [0.717, 1.165) is 20.2 Å². The molecule has 5 heteroatoms.